The van der Waals surface area contributed by atoms with Gasteiger partial charge in [0.15, 0.2) is 5.82 Å². The van der Waals surface area contributed by atoms with Gasteiger partial charge in [0.05, 0.1) is 5.52 Å². The maximum absolute atomic E-state index is 12.7. The Morgan fingerprint density at radius 3 is 2.96 bits per heavy atom. The van der Waals surface area contributed by atoms with Gasteiger partial charge >= 0.3 is 0 Å². The molecule has 0 saturated heterocycles. The van der Waals surface area contributed by atoms with E-state index in [2.05, 4.69) is 27.7 Å². The van der Waals surface area contributed by atoms with E-state index >= 15 is 0 Å². The fourth-order valence-corrected chi connectivity index (χ4v) is 3.38. The predicted molar refractivity (Wildman–Crippen MR) is 95.1 cm³/mol. The standard InChI is InChI=1S/C18H24N4O2/c1-3-22-12(2)11-14-15(18(22)24)16(21-20-14)19-17(23)13-9-7-5-4-6-8-10-13/h4-5,11,13H,3,6-10H2,1-2H3,(H2,19,20,21,23)/b5-4-. The molecule has 1 unspecified atom stereocenters. The summed E-state index contributed by atoms with van der Waals surface area (Å²) >= 11 is 0. The van der Waals surface area contributed by atoms with Crippen molar-refractivity contribution >= 4 is 22.6 Å². The van der Waals surface area contributed by atoms with Crippen LogP contribution < -0.4 is 10.9 Å². The molecule has 0 saturated carbocycles. The normalized spacial score (nSPS) is 19.7. The van der Waals surface area contributed by atoms with Crippen molar-refractivity contribution in [2.45, 2.75) is 52.5 Å². The molecule has 6 heteroatoms. The highest BCUT2D eigenvalue weighted by Crippen LogP contribution is 2.23. The van der Waals surface area contributed by atoms with Crippen LogP contribution in [0.5, 0.6) is 0 Å². The van der Waals surface area contributed by atoms with E-state index in [9.17, 15) is 9.59 Å². The Labute approximate surface area is 140 Å². The van der Waals surface area contributed by atoms with Crippen molar-refractivity contribution in [2.24, 2.45) is 5.92 Å². The van der Waals surface area contributed by atoms with E-state index in [1.54, 1.807) is 4.57 Å². The van der Waals surface area contributed by atoms with Crippen LogP contribution in [0, 0.1) is 12.8 Å². The van der Waals surface area contributed by atoms with Gasteiger partial charge in [-0.15, -0.1) is 0 Å². The van der Waals surface area contributed by atoms with Crippen molar-refractivity contribution in [3.05, 3.63) is 34.3 Å². The number of carbonyl (C=O) groups excluding carboxylic acids is 1. The Hall–Kier alpha value is -2.37. The van der Waals surface area contributed by atoms with Gasteiger partial charge in [-0.1, -0.05) is 12.2 Å². The quantitative estimate of drug-likeness (QED) is 0.850. The molecule has 1 amide bonds. The molecule has 128 valence electrons. The van der Waals surface area contributed by atoms with Gasteiger partial charge in [0, 0.05) is 18.2 Å². The number of hydrogen-bond acceptors (Lipinski definition) is 3. The number of H-pyrrole nitrogens is 1. The van der Waals surface area contributed by atoms with Gasteiger partial charge in [0.25, 0.3) is 5.56 Å². The molecular formula is C18H24N4O2. The number of anilines is 1. The molecule has 0 spiro atoms. The van der Waals surface area contributed by atoms with Gasteiger partial charge in [-0.25, -0.2) is 0 Å². The van der Waals surface area contributed by atoms with Crippen molar-refractivity contribution in [2.75, 3.05) is 5.32 Å². The SMILES string of the molecule is CCn1c(C)cc2[nH]nc(NC(=O)C3CC/C=C\CCC3)c2c1=O. The number of aromatic nitrogens is 3. The number of rotatable bonds is 3. The number of allylic oxidation sites excluding steroid dienone is 2. The minimum Gasteiger partial charge on any atom is -0.312 e. The van der Waals surface area contributed by atoms with Crippen molar-refractivity contribution in [1.82, 2.24) is 14.8 Å². The Morgan fingerprint density at radius 2 is 2.17 bits per heavy atom. The minimum absolute atomic E-state index is 0.0273. The maximum atomic E-state index is 12.7. The zero-order chi connectivity index (χ0) is 17.1. The second kappa shape index (κ2) is 7.03. The highest BCUT2D eigenvalue weighted by molar-refractivity contribution is 6.00. The Morgan fingerprint density at radius 1 is 1.38 bits per heavy atom. The zero-order valence-corrected chi connectivity index (χ0v) is 14.3. The third kappa shape index (κ3) is 3.13. The summed E-state index contributed by atoms with van der Waals surface area (Å²) in [6.07, 6.45) is 8.99. The summed E-state index contributed by atoms with van der Waals surface area (Å²) in [6.45, 7) is 4.42. The number of hydrogen-bond donors (Lipinski definition) is 2. The lowest BCUT2D eigenvalue weighted by molar-refractivity contribution is -0.120. The smallest absolute Gasteiger partial charge is 0.264 e. The third-order valence-corrected chi connectivity index (χ3v) is 4.73. The van der Waals surface area contributed by atoms with Gasteiger partial charge in [0.1, 0.15) is 5.39 Å². The summed E-state index contributed by atoms with van der Waals surface area (Å²) < 4.78 is 1.69. The Balaban J connectivity index is 1.88. The summed E-state index contributed by atoms with van der Waals surface area (Å²) in [7, 11) is 0. The van der Waals surface area contributed by atoms with E-state index in [1.165, 1.54) is 0 Å². The lowest BCUT2D eigenvalue weighted by atomic mass is 9.93. The highest BCUT2D eigenvalue weighted by atomic mass is 16.2. The molecule has 0 aliphatic heterocycles. The Bertz CT molecular complexity index is 831. The van der Waals surface area contributed by atoms with Crippen molar-refractivity contribution in [1.29, 1.82) is 0 Å². The summed E-state index contributed by atoms with van der Waals surface area (Å²) in [5, 5.41) is 10.4. The molecule has 0 radical (unpaired) electrons. The van der Waals surface area contributed by atoms with Gasteiger partial charge in [-0.3, -0.25) is 14.7 Å². The maximum Gasteiger partial charge on any atom is 0.264 e. The molecule has 0 bridgehead atoms. The molecule has 1 atom stereocenters. The van der Waals surface area contributed by atoms with Gasteiger partial charge in [0.2, 0.25) is 5.91 Å². The number of aromatic amines is 1. The number of amides is 1. The second-order valence-electron chi connectivity index (χ2n) is 6.36. The lowest BCUT2D eigenvalue weighted by Gasteiger charge is -2.16. The molecule has 2 aromatic heterocycles. The van der Waals surface area contributed by atoms with Crippen molar-refractivity contribution in [3.63, 3.8) is 0 Å². The van der Waals surface area contributed by atoms with E-state index < -0.39 is 0 Å². The van der Waals surface area contributed by atoms with E-state index in [4.69, 9.17) is 0 Å². The summed E-state index contributed by atoms with van der Waals surface area (Å²) in [4.78, 5) is 25.3. The lowest BCUT2D eigenvalue weighted by Crippen LogP contribution is -2.25. The van der Waals surface area contributed by atoms with E-state index in [1.807, 2.05) is 19.9 Å². The van der Waals surface area contributed by atoms with Crippen LogP contribution in [-0.4, -0.2) is 20.7 Å². The molecule has 0 fully saturated rings. The van der Waals surface area contributed by atoms with E-state index in [0.29, 0.717) is 23.3 Å². The van der Waals surface area contributed by atoms with Gasteiger partial charge in [-0.2, -0.15) is 5.10 Å². The van der Waals surface area contributed by atoms with Crippen LogP contribution in [0.4, 0.5) is 5.82 Å². The van der Waals surface area contributed by atoms with Crippen LogP contribution in [0.25, 0.3) is 10.9 Å². The number of nitrogens with one attached hydrogen (secondary N) is 2. The number of carbonyl (C=O) groups is 1. The van der Waals surface area contributed by atoms with E-state index in [0.717, 1.165) is 37.8 Å². The minimum atomic E-state index is -0.114. The molecule has 2 N–H and O–H groups in total. The first kappa shape index (κ1) is 16.5. The predicted octanol–water partition coefficient (Wildman–Crippen LogP) is 3.13. The highest BCUT2D eigenvalue weighted by Gasteiger charge is 2.21. The van der Waals surface area contributed by atoms with Crippen LogP contribution in [-0.2, 0) is 11.3 Å². The molecule has 2 heterocycles. The molecule has 2 aromatic rings. The fourth-order valence-electron chi connectivity index (χ4n) is 3.38. The largest absolute Gasteiger partial charge is 0.312 e. The number of aryl methyl sites for hydroxylation is 1. The Kier molecular flexibility index (Phi) is 4.83. The van der Waals surface area contributed by atoms with Crippen molar-refractivity contribution < 1.29 is 4.79 Å². The monoisotopic (exact) mass is 328 g/mol. The van der Waals surface area contributed by atoms with Crippen LogP contribution in [0.15, 0.2) is 23.0 Å². The molecule has 1 aliphatic rings. The van der Waals surface area contributed by atoms with Crippen LogP contribution >= 0.6 is 0 Å². The first-order valence-corrected chi connectivity index (χ1v) is 8.66. The summed E-state index contributed by atoms with van der Waals surface area (Å²) in [5.41, 5.74) is 1.43. The summed E-state index contributed by atoms with van der Waals surface area (Å²) in [6, 6.07) is 1.89. The molecule has 3 rings (SSSR count). The van der Waals surface area contributed by atoms with Gasteiger partial charge in [-0.05, 0) is 52.0 Å². The molecule has 6 nitrogen and oxygen atoms in total. The first-order valence-electron chi connectivity index (χ1n) is 8.66. The number of nitrogens with zero attached hydrogens (tertiary/aromatic N) is 2. The molecule has 0 aromatic carbocycles. The van der Waals surface area contributed by atoms with E-state index in [-0.39, 0.29) is 17.4 Å². The topological polar surface area (TPSA) is 79.8 Å². The zero-order valence-electron chi connectivity index (χ0n) is 14.3. The first-order chi connectivity index (χ1) is 11.6. The fraction of sp³-hybridized carbons (Fsp3) is 0.500. The third-order valence-electron chi connectivity index (χ3n) is 4.73. The molecular weight excluding hydrogens is 304 g/mol. The van der Waals surface area contributed by atoms with Gasteiger partial charge < -0.3 is 9.88 Å². The summed E-state index contributed by atoms with van der Waals surface area (Å²) in [5.74, 6) is 0.280. The van der Waals surface area contributed by atoms with Crippen LogP contribution in [0.1, 0.15) is 44.7 Å². The van der Waals surface area contributed by atoms with Crippen LogP contribution in [0.3, 0.4) is 0 Å². The molecule has 24 heavy (non-hydrogen) atoms. The second-order valence-corrected chi connectivity index (χ2v) is 6.36. The number of pyridine rings is 1. The average molecular weight is 328 g/mol. The van der Waals surface area contributed by atoms with Crippen LogP contribution in [0.2, 0.25) is 0 Å². The average Bonchev–Trinajstić information content (AvgIpc) is 2.90. The van der Waals surface area contributed by atoms with Crippen molar-refractivity contribution in [3.8, 4) is 0 Å². The number of fused-ring (bicyclic) bond motifs is 1. The molecule has 1 aliphatic carbocycles.